The van der Waals surface area contributed by atoms with E-state index in [1.165, 1.54) is 5.56 Å². The van der Waals surface area contributed by atoms with Gasteiger partial charge in [0.05, 0.1) is 17.6 Å². The molecule has 0 radical (unpaired) electrons. The minimum atomic E-state index is -0.503. The Hall–Kier alpha value is -2.54. The Morgan fingerprint density at radius 2 is 1.94 bits per heavy atom. The van der Waals surface area contributed by atoms with Crippen LogP contribution in [0.2, 0.25) is 0 Å². The van der Waals surface area contributed by atoms with Gasteiger partial charge in [0.1, 0.15) is 5.60 Å². The van der Waals surface area contributed by atoms with E-state index in [4.69, 9.17) is 9.72 Å². The van der Waals surface area contributed by atoms with E-state index in [1.807, 2.05) is 26.8 Å². The molecular formula is C24H29BrN4O2. The predicted octanol–water partition coefficient (Wildman–Crippen LogP) is 5.34. The predicted molar refractivity (Wildman–Crippen MR) is 128 cm³/mol. The topological polar surface area (TPSA) is 59.4 Å². The number of aromatic nitrogens is 2. The summed E-state index contributed by atoms with van der Waals surface area (Å²) in [6.07, 6.45) is 1.56. The van der Waals surface area contributed by atoms with Gasteiger partial charge in [-0.15, -0.1) is 0 Å². The molecule has 1 atom stereocenters. The number of nitrogens with zero attached hydrogens (tertiary/aromatic N) is 3. The number of hydrogen-bond donors (Lipinski definition) is 1. The average Bonchev–Trinajstić information content (AvgIpc) is 3.07. The summed E-state index contributed by atoms with van der Waals surface area (Å²) in [6.45, 7) is 8.00. The Bertz CT molecular complexity index is 1060. The van der Waals surface area contributed by atoms with Crippen molar-refractivity contribution in [1.82, 2.24) is 14.9 Å². The van der Waals surface area contributed by atoms with Crippen molar-refractivity contribution in [2.24, 2.45) is 0 Å². The molecule has 1 unspecified atom stereocenters. The fourth-order valence-electron chi connectivity index (χ4n) is 3.98. The largest absolute Gasteiger partial charge is 0.444 e. The van der Waals surface area contributed by atoms with Crippen LogP contribution in [0.5, 0.6) is 0 Å². The second-order valence-corrected chi connectivity index (χ2v) is 9.96. The first kappa shape index (κ1) is 21.7. The summed E-state index contributed by atoms with van der Waals surface area (Å²) in [5.41, 5.74) is 2.81. The van der Waals surface area contributed by atoms with Gasteiger partial charge in [-0.05, 0) is 63.4 Å². The van der Waals surface area contributed by atoms with E-state index in [0.717, 1.165) is 47.4 Å². The SMILES string of the molecule is CC(C)(C)OC(=O)NC1CCCN(c2nc3ccccc3n2Cc2ccc(Br)cc2)C1. The number of piperidine rings is 1. The second kappa shape index (κ2) is 8.91. The molecule has 1 aliphatic rings. The number of benzene rings is 2. The number of halogens is 1. The van der Waals surface area contributed by atoms with Crippen molar-refractivity contribution in [2.45, 2.75) is 51.8 Å². The van der Waals surface area contributed by atoms with Gasteiger partial charge in [0, 0.05) is 23.6 Å². The van der Waals surface area contributed by atoms with E-state index in [2.05, 4.69) is 73.2 Å². The molecule has 4 rings (SSSR count). The Balaban J connectivity index is 1.58. The summed E-state index contributed by atoms with van der Waals surface area (Å²) in [5.74, 6) is 0.944. The van der Waals surface area contributed by atoms with Gasteiger partial charge in [-0.1, -0.05) is 40.2 Å². The Morgan fingerprint density at radius 3 is 2.68 bits per heavy atom. The van der Waals surface area contributed by atoms with Crippen LogP contribution >= 0.6 is 15.9 Å². The van der Waals surface area contributed by atoms with Crippen LogP contribution in [-0.2, 0) is 11.3 Å². The molecule has 0 bridgehead atoms. The van der Waals surface area contributed by atoms with Crippen LogP contribution in [0.15, 0.2) is 53.0 Å². The number of imidazole rings is 1. The highest BCUT2D eigenvalue weighted by atomic mass is 79.9. The van der Waals surface area contributed by atoms with Gasteiger partial charge in [-0.2, -0.15) is 0 Å². The van der Waals surface area contributed by atoms with Crippen molar-refractivity contribution >= 4 is 39.0 Å². The molecular weight excluding hydrogens is 456 g/mol. The number of carbonyl (C=O) groups excluding carboxylic acids is 1. The van der Waals surface area contributed by atoms with Crippen molar-refractivity contribution in [1.29, 1.82) is 0 Å². The number of carbonyl (C=O) groups is 1. The smallest absolute Gasteiger partial charge is 0.407 e. The van der Waals surface area contributed by atoms with Crippen molar-refractivity contribution < 1.29 is 9.53 Å². The standard InChI is InChI=1S/C24H29BrN4O2/c1-24(2,3)31-23(30)26-19-7-6-14-28(16-19)22-27-20-8-4-5-9-21(20)29(22)15-17-10-12-18(25)13-11-17/h4-5,8-13,19H,6-7,14-16H2,1-3H3,(H,26,30). The van der Waals surface area contributed by atoms with E-state index in [-0.39, 0.29) is 12.1 Å². The molecule has 1 N–H and O–H groups in total. The Kier molecular flexibility index (Phi) is 6.23. The van der Waals surface area contributed by atoms with Crippen LogP contribution in [0, 0.1) is 0 Å². The highest BCUT2D eigenvalue weighted by molar-refractivity contribution is 9.10. The molecule has 7 heteroatoms. The zero-order valence-corrected chi connectivity index (χ0v) is 19.9. The van der Waals surface area contributed by atoms with Crippen LogP contribution in [0.1, 0.15) is 39.2 Å². The number of fused-ring (bicyclic) bond motifs is 1. The number of anilines is 1. The molecule has 2 aromatic carbocycles. The molecule has 1 amide bonds. The van der Waals surface area contributed by atoms with Gasteiger partial charge in [-0.25, -0.2) is 9.78 Å². The lowest BCUT2D eigenvalue weighted by Gasteiger charge is -2.34. The first-order chi connectivity index (χ1) is 14.8. The summed E-state index contributed by atoms with van der Waals surface area (Å²) >= 11 is 3.51. The second-order valence-electron chi connectivity index (χ2n) is 9.04. The van der Waals surface area contributed by atoms with E-state index in [1.54, 1.807) is 0 Å². The number of alkyl carbamates (subject to hydrolysis) is 1. The minimum Gasteiger partial charge on any atom is -0.444 e. The molecule has 164 valence electrons. The van der Waals surface area contributed by atoms with Crippen LogP contribution < -0.4 is 10.2 Å². The number of rotatable bonds is 4. The van der Waals surface area contributed by atoms with E-state index in [0.29, 0.717) is 6.54 Å². The normalized spacial score (nSPS) is 17.0. The summed E-state index contributed by atoms with van der Waals surface area (Å²) in [7, 11) is 0. The van der Waals surface area contributed by atoms with Gasteiger partial charge >= 0.3 is 6.09 Å². The van der Waals surface area contributed by atoms with Crippen molar-refractivity contribution in [3.05, 3.63) is 58.6 Å². The average molecular weight is 485 g/mol. The fraction of sp³-hybridized carbons (Fsp3) is 0.417. The Labute approximate surface area is 191 Å². The highest BCUT2D eigenvalue weighted by Gasteiger charge is 2.27. The van der Waals surface area contributed by atoms with Crippen LogP contribution in [0.3, 0.4) is 0 Å². The summed E-state index contributed by atoms with van der Waals surface area (Å²) in [4.78, 5) is 19.5. The van der Waals surface area contributed by atoms with E-state index < -0.39 is 5.60 Å². The zero-order chi connectivity index (χ0) is 22.0. The molecule has 1 aliphatic heterocycles. The summed E-state index contributed by atoms with van der Waals surface area (Å²) < 4.78 is 8.79. The molecule has 31 heavy (non-hydrogen) atoms. The lowest BCUT2D eigenvalue weighted by atomic mass is 10.1. The molecule has 3 aromatic rings. The van der Waals surface area contributed by atoms with Crippen molar-refractivity contribution in [2.75, 3.05) is 18.0 Å². The first-order valence-electron chi connectivity index (χ1n) is 10.7. The molecule has 0 saturated carbocycles. The third-order valence-electron chi connectivity index (χ3n) is 5.31. The lowest BCUT2D eigenvalue weighted by Crippen LogP contribution is -2.49. The third kappa shape index (κ3) is 5.39. The van der Waals surface area contributed by atoms with E-state index in [9.17, 15) is 4.79 Å². The maximum absolute atomic E-state index is 12.3. The van der Waals surface area contributed by atoms with Gasteiger partial charge in [0.15, 0.2) is 0 Å². The number of amides is 1. The number of nitrogens with one attached hydrogen (secondary N) is 1. The fourth-order valence-corrected chi connectivity index (χ4v) is 4.25. The number of hydrogen-bond acceptors (Lipinski definition) is 4. The van der Waals surface area contributed by atoms with E-state index >= 15 is 0 Å². The molecule has 6 nitrogen and oxygen atoms in total. The van der Waals surface area contributed by atoms with Crippen LogP contribution in [0.25, 0.3) is 11.0 Å². The molecule has 0 aliphatic carbocycles. The van der Waals surface area contributed by atoms with Gasteiger partial charge in [0.25, 0.3) is 0 Å². The minimum absolute atomic E-state index is 0.0320. The quantitative estimate of drug-likeness (QED) is 0.542. The maximum atomic E-state index is 12.3. The monoisotopic (exact) mass is 484 g/mol. The molecule has 2 heterocycles. The summed E-state index contributed by atoms with van der Waals surface area (Å²) in [6, 6.07) is 16.7. The maximum Gasteiger partial charge on any atom is 0.407 e. The first-order valence-corrected chi connectivity index (χ1v) is 11.5. The van der Waals surface area contributed by atoms with Crippen LogP contribution in [-0.4, -0.2) is 40.4 Å². The third-order valence-corrected chi connectivity index (χ3v) is 5.84. The summed E-state index contributed by atoms with van der Waals surface area (Å²) in [5, 5.41) is 3.04. The Morgan fingerprint density at radius 1 is 1.19 bits per heavy atom. The molecule has 0 spiro atoms. The highest BCUT2D eigenvalue weighted by Crippen LogP contribution is 2.27. The van der Waals surface area contributed by atoms with Crippen molar-refractivity contribution in [3.63, 3.8) is 0 Å². The molecule has 1 aromatic heterocycles. The number of ether oxygens (including phenoxy) is 1. The van der Waals surface area contributed by atoms with Gasteiger partial charge in [0.2, 0.25) is 5.95 Å². The van der Waals surface area contributed by atoms with Crippen LogP contribution in [0.4, 0.5) is 10.7 Å². The van der Waals surface area contributed by atoms with Gasteiger partial charge in [-0.3, -0.25) is 0 Å². The zero-order valence-electron chi connectivity index (χ0n) is 18.3. The lowest BCUT2D eigenvalue weighted by molar-refractivity contribution is 0.0500. The van der Waals surface area contributed by atoms with Gasteiger partial charge < -0.3 is 19.5 Å². The van der Waals surface area contributed by atoms with Crippen molar-refractivity contribution in [3.8, 4) is 0 Å². The number of para-hydroxylation sites is 2. The molecule has 1 saturated heterocycles. The molecule has 1 fully saturated rings.